The number of carbonyl (C=O) groups excluding carboxylic acids is 1. The molecule has 1 aromatic carbocycles. The first-order valence-electron chi connectivity index (χ1n) is 9.13. The fourth-order valence-corrected chi connectivity index (χ4v) is 3.41. The molecule has 1 saturated heterocycles. The van der Waals surface area contributed by atoms with Gasteiger partial charge in [-0.25, -0.2) is 4.68 Å². The molecule has 30 heavy (non-hydrogen) atoms. The van der Waals surface area contributed by atoms with Gasteiger partial charge in [0.25, 0.3) is 5.91 Å². The topological polar surface area (TPSA) is 58.4 Å². The van der Waals surface area contributed by atoms with Crippen LogP contribution >= 0.6 is 0 Å². The van der Waals surface area contributed by atoms with E-state index < -0.39 is 35.5 Å². The van der Waals surface area contributed by atoms with Crippen LogP contribution in [0.15, 0.2) is 36.4 Å². The Hall–Kier alpha value is -2.56. The number of carbonyl (C=O) groups is 1. The third-order valence-corrected chi connectivity index (χ3v) is 5.20. The molecule has 0 radical (unpaired) electrons. The Morgan fingerprint density at radius 1 is 1.07 bits per heavy atom. The van der Waals surface area contributed by atoms with E-state index in [2.05, 4.69) is 5.10 Å². The molecule has 3 rings (SSSR count). The Balaban J connectivity index is 1.84. The Morgan fingerprint density at radius 3 is 2.13 bits per heavy atom. The number of piperidine rings is 1. The molecule has 1 aliphatic rings. The average Bonchev–Trinajstić information content (AvgIpc) is 3.13. The third kappa shape index (κ3) is 4.16. The van der Waals surface area contributed by atoms with Gasteiger partial charge in [0.05, 0.1) is 5.69 Å². The first-order chi connectivity index (χ1) is 13.8. The summed E-state index contributed by atoms with van der Waals surface area (Å²) >= 11 is 0. The van der Waals surface area contributed by atoms with Gasteiger partial charge in [0.2, 0.25) is 5.60 Å². The fourth-order valence-electron chi connectivity index (χ4n) is 3.41. The van der Waals surface area contributed by atoms with Gasteiger partial charge in [-0.05, 0) is 38.0 Å². The van der Waals surface area contributed by atoms with Crippen LogP contribution in [0.1, 0.15) is 37.1 Å². The molecule has 164 valence electrons. The van der Waals surface area contributed by atoms with Crippen molar-refractivity contribution in [1.29, 1.82) is 0 Å². The van der Waals surface area contributed by atoms with Crippen molar-refractivity contribution in [2.75, 3.05) is 13.1 Å². The first kappa shape index (κ1) is 22.1. The molecular weight excluding hydrogens is 416 g/mol. The van der Waals surface area contributed by atoms with Crippen molar-refractivity contribution in [2.24, 2.45) is 0 Å². The number of aliphatic hydroxyl groups is 1. The fraction of sp³-hybridized carbons (Fsp3) is 0.474. The maximum absolute atomic E-state index is 13.2. The predicted molar refractivity (Wildman–Crippen MR) is 93.8 cm³/mol. The van der Waals surface area contributed by atoms with E-state index in [1.54, 1.807) is 30.3 Å². The number of likely N-dealkylation sites (tertiary alicyclic amines) is 1. The Kier molecular flexibility index (Phi) is 5.61. The zero-order valence-corrected chi connectivity index (χ0v) is 15.8. The van der Waals surface area contributed by atoms with E-state index in [-0.39, 0.29) is 31.6 Å². The minimum atomic E-state index is -5.13. The number of nitrogens with zero attached hydrogens (tertiary/aromatic N) is 3. The molecule has 0 saturated carbocycles. The number of rotatable bonds is 3. The lowest BCUT2D eigenvalue weighted by Gasteiger charge is -2.36. The van der Waals surface area contributed by atoms with E-state index >= 15 is 0 Å². The van der Waals surface area contributed by atoms with Gasteiger partial charge in [-0.2, -0.15) is 31.4 Å². The van der Waals surface area contributed by atoms with Crippen LogP contribution in [0.25, 0.3) is 5.69 Å². The molecule has 1 N–H and O–H groups in total. The van der Waals surface area contributed by atoms with E-state index in [9.17, 15) is 36.2 Å². The highest BCUT2D eigenvalue weighted by molar-refractivity contribution is 5.85. The molecule has 0 aliphatic carbocycles. The van der Waals surface area contributed by atoms with Crippen LogP contribution < -0.4 is 0 Å². The van der Waals surface area contributed by atoms with Crippen LogP contribution in [0.2, 0.25) is 0 Å². The molecule has 11 heteroatoms. The summed E-state index contributed by atoms with van der Waals surface area (Å²) in [5.74, 6) is -1.92. The minimum Gasteiger partial charge on any atom is -0.373 e. The maximum atomic E-state index is 13.2. The quantitative estimate of drug-likeness (QED) is 0.744. The molecule has 1 fully saturated rings. The molecule has 2 heterocycles. The lowest BCUT2D eigenvalue weighted by atomic mass is 9.91. The number of hydrogen-bond donors (Lipinski definition) is 1. The van der Waals surface area contributed by atoms with E-state index in [1.165, 1.54) is 4.68 Å². The van der Waals surface area contributed by atoms with Crippen LogP contribution in [0.4, 0.5) is 26.3 Å². The van der Waals surface area contributed by atoms with Crippen molar-refractivity contribution in [3.63, 3.8) is 0 Å². The van der Waals surface area contributed by atoms with Gasteiger partial charge in [-0.15, -0.1) is 0 Å². The van der Waals surface area contributed by atoms with Crippen molar-refractivity contribution in [1.82, 2.24) is 14.7 Å². The molecule has 1 amide bonds. The second kappa shape index (κ2) is 7.60. The molecule has 5 nitrogen and oxygen atoms in total. The number of alkyl halides is 6. The van der Waals surface area contributed by atoms with Gasteiger partial charge in [0.1, 0.15) is 0 Å². The van der Waals surface area contributed by atoms with Gasteiger partial charge in [0.15, 0.2) is 5.69 Å². The van der Waals surface area contributed by atoms with Gasteiger partial charge >= 0.3 is 12.4 Å². The molecule has 1 unspecified atom stereocenters. The lowest BCUT2D eigenvalue weighted by Crippen LogP contribution is -2.57. The summed E-state index contributed by atoms with van der Waals surface area (Å²) in [5.41, 5.74) is -3.90. The van der Waals surface area contributed by atoms with Gasteiger partial charge in [-0.1, -0.05) is 18.2 Å². The highest BCUT2D eigenvalue weighted by Gasteiger charge is 2.57. The van der Waals surface area contributed by atoms with Crippen molar-refractivity contribution in [3.8, 4) is 5.69 Å². The summed E-state index contributed by atoms with van der Waals surface area (Å²) in [6.07, 6.45) is -9.52. The largest absolute Gasteiger partial charge is 0.435 e. The van der Waals surface area contributed by atoms with Gasteiger partial charge in [0, 0.05) is 24.7 Å². The summed E-state index contributed by atoms with van der Waals surface area (Å²) < 4.78 is 79.6. The third-order valence-electron chi connectivity index (χ3n) is 5.20. The molecular formula is C19H19F6N3O2. The minimum absolute atomic E-state index is 0.128. The Labute approximate surface area is 167 Å². The second-order valence-electron chi connectivity index (χ2n) is 7.34. The van der Waals surface area contributed by atoms with Crippen LogP contribution in [0, 0.1) is 0 Å². The van der Waals surface area contributed by atoms with Crippen LogP contribution in [0.3, 0.4) is 0 Å². The standard InChI is InChI=1S/C19H19F6N3O2/c1-17(30,19(23,24)25)16(29)27-9-7-12(8-10-27)14-11-15(18(20,21)22)26-28(14)13-5-3-2-4-6-13/h2-6,11-12,30H,7-10H2,1H3. The SMILES string of the molecule is CC(O)(C(=O)N1CCC(c2cc(C(F)(F)F)nn2-c2ccccc2)CC1)C(F)(F)F. The van der Waals surface area contributed by atoms with E-state index in [0.29, 0.717) is 12.6 Å². The van der Waals surface area contributed by atoms with Gasteiger partial charge in [-0.3, -0.25) is 4.79 Å². The van der Waals surface area contributed by atoms with Crippen molar-refractivity contribution in [3.05, 3.63) is 47.8 Å². The zero-order chi connectivity index (χ0) is 22.3. The molecule has 1 aliphatic heterocycles. The van der Waals surface area contributed by atoms with E-state index in [4.69, 9.17) is 0 Å². The van der Waals surface area contributed by atoms with E-state index in [1.807, 2.05) is 0 Å². The van der Waals surface area contributed by atoms with Crippen LogP contribution in [0.5, 0.6) is 0 Å². The van der Waals surface area contributed by atoms with Gasteiger partial charge < -0.3 is 10.0 Å². The van der Waals surface area contributed by atoms with Crippen LogP contribution in [-0.2, 0) is 11.0 Å². The maximum Gasteiger partial charge on any atom is 0.435 e. The van der Waals surface area contributed by atoms with Crippen molar-refractivity contribution < 1.29 is 36.2 Å². The number of aromatic nitrogens is 2. The molecule has 1 atom stereocenters. The summed E-state index contributed by atoms with van der Waals surface area (Å²) in [7, 11) is 0. The summed E-state index contributed by atoms with van der Waals surface area (Å²) in [6.45, 7) is 0.135. The second-order valence-corrected chi connectivity index (χ2v) is 7.34. The predicted octanol–water partition coefficient (Wildman–Crippen LogP) is 3.91. The summed E-state index contributed by atoms with van der Waals surface area (Å²) in [4.78, 5) is 13.0. The lowest BCUT2D eigenvalue weighted by molar-refractivity contribution is -0.250. The van der Waals surface area contributed by atoms with Crippen molar-refractivity contribution in [2.45, 2.75) is 43.6 Å². The highest BCUT2D eigenvalue weighted by atomic mass is 19.4. The van der Waals surface area contributed by atoms with Crippen molar-refractivity contribution >= 4 is 5.91 Å². The zero-order valence-electron chi connectivity index (χ0n) is 15.8. The highest BCUT2D eigenvalue weighted by Crippen LogP contribution is 2.37. The average molecular weight is 435 g/mol. The normalized spacial score (nSPS) is 18.3. The Morgan fingerprint density at radius 2 is 1.63 bits per heavy atom. The molecule has 0 spiro atoms. The smallest absolute Gasteiger partial charge is 0.373 e. The first-order valence-corrected chi connectivity index (χ1v) is 9.13. The number of amides is 1. The van der Waals surface area contributed by atoms with Crippen LogP contribution in [-0.4, -0.2) is 50.6 Å². The number of para-hydroxylation sites is 1. The molecule has 1 aromatic heterocycles. The monoisotopic (exact) mass is 435 g/mol. The number of hydrogen-bond acceptors (Lipinski definition) is 3. The summed E-state index contributed by atoms with van der Waals surface area (Å²) in [5, 5.41) is 13.3. The molecule has 0 bridgehead atoms. The molecule has 2 aromatic rings. The van der Waals surface area contributed by atoms with E-state index in [0.717, 1.165) is 11.0 Å². The number of benzene rings is 1. The summed E-state index contributed by atoms with van der Waals surface area (Å²) in [6, 6.07) is 9.11. The number of halogens is 6. The Bertz CT molecular complexity index is 897.